The van der Waals surface area contributed by atoms with Crippen molar-refractivity contribution in [2.75, 3.05) is 0 Å². The van der Waals surface area contributed by atoms with Crippen molar-refractivity contribution in [2.24, 2.45) is 0 Å². The molecule has 22 heavy (non-hydrogen) atoms. The van der Waals surface area contributed by atoms with Gasteiger partial charge in [0.15, 0.2) is 0 Å². The predicted octanol–water partition coefficient (Wildman–Crippen LogP) is 2.52. The van der Waals surface area contributed by atoms with E-state index in [1.54, 1.807) is 0 Å². The van der Waals surface area contributed by atoms with Crippen LogP contribution in [0.15, 0.2) is 42.5 Å². The Morgan fingerprint density at radius 3 is 1.82 bits per heavy atom. The largest absolute Gasteiger partial charge is 0.443 e. The fraction of sp³-hybridized carbons (Fsp3) is 0.0625. The van der Waals surface area contributed by atoms with Crippen molar-refractivity contribution in [3.63, 3.8) is 0 Å². The van der Waals surface area contributed by atoms with E-state index in [4.69, 9.17) is 30.8 Å². The number of nitrogens with zero attached hydrogens (tertiary/aromatic N) is 1. The Bertz CT molecular complexity index is 906. The van der Waals surface area contributed by atoms with E-state index in [9.17, 15) is 0 Å². The summed E-state index contributed by atoms with van der Waals surface area (Å²) >= 11 is 0. The van der Waals surface area contributed by atoms with Gasteiger partial charge in [0.05, 0.1) is 0 Å². The molecule has 0 heterocycles. The number of rotatable bonds is 0. The van der Waals surface area contributed by atoms with Gasteiger partial charge < -0.3 is 5.11 Å². The lowest BCUT2D eigenvalue weighted by Crippen LogP contribution is -1.92. The number of benzene rings is 2. The first kappa shape index (κ1) is 18.5. The van der Waals surface area contributed by atoms with Gasteiger partial charge in [0, 0.05) is 0 Å². The maximum absolute atomic E-state index is 8.35. The van der Waals surface area contributed by atoms with Crippen molar-refractivity contribution in [1.82, 2.24) is 0 Å². The Hall–Kier alpha value is -3.51. The number of carbonyl (C=O) groups excluding carboxylic acids is 2. The van der Waals surface area contributed by atoms with Crippen LogP contribution in [0.4, 0.5) is 0 Å². The molecule has 110 valence electrons. The highest BCUT2D eigenvalue weighted by atomic mass is 16.2. The SMILES string of the molecule is Cc1cccc2c1=c1ccccc1=2.N#CO.N=C=O.N=C=O. The molecule has 0 unspecified atom stereocenters. The van der Waals surface area contributed by atoms with Crippen molar-refractivity contribution < 1.29 is 14.7 Å². The lowest BCUT2D eigenvalue weighted by molar-refractivity contribution is 0.503. The van der Waals surface area contributed by atoms with Gasteiger partial charge in [-0.25, -0.2) is 20.4 Å². The number of hydrogen-bond donors (Lipinski definition) is 3. The first-order valence-corrected chi connectivity index (χ1v) is 5.93. The van der Waals surface area contributed by atoms with Gasteiger partial charge in [-0.3, -0.25) is 0 Å². The molecule has 0 spiro atoms. The second kappa shape index (κ2) is 10.3. The number of aliphatic hydroxyl groups is 1. The molecule has 1 aliphatic rings. The molecular weight excluding hydrogens is 282 g/mol. The lowest BCUT2D eigenvalue weighted by Gasteiger charge is -2.06. The summed E-state index contributed by atoms with van der Waals surface area (Å²) in [6, 6.07) is 15.1. The summed E-state index contributed by atoms with van der Waals surface area (Å²) in [6.07, 6.45) is 2.25. The van der Waals surface area contributed by atoms with E-state index in [1.807, 2.05) is 0 Å². The molecule has 0 amide bonds. The Morgan fingerprint density at radius 2 is 1.32 bits per heavy atom. The summed E-state index contributed by atoms with van der Waals surface area (Å²) < 4.78 is 0. The summed E-state index contributed by atoms with van der Waals surface area (Å²) in [5, 5.41) is 30.2. The Labute approximate surface area is 125 Å². The highest BCUT2D eigenvalue weighted by Gasteiger charge is 2.01. The molecule has 1 aliphatic carbocycles. The van der Waals surface area contributed by atoms with Gasteiger partial charge in [0.2, 0.25) is 12.2 Å². The number of hydrogen-bond acceptors (Lipinski definition) is 6. The fourth-order valence-corrected chi connectivity index (χ4v) is 2.12. The number of nitriles is 1. The lowest BCUT2D eigenvalue weighted by atomic mass is 9.98. The first-order chi connectivity index (χ1) is 10.6. The summed E-state index contributed by atoms with van der Waals surface area (Å²) in [6.45, 7) is 2.18. The van der Waals surface area contributed by atoms with E-state index in [0.29, 0.717) is 0 Å². The van der Waals surface area contributed by atoms with E-state index in [2.05, 4.69) is 49.4 Å². The molecule has 3 rings (SSSR count). The Morgan fingerprint density at radius 1 is 0.909 bits per heavy atom. The van der Waals surface area contributed by atoms with Crippen molar-refractivity contribution >= 4 is 12.2 Å². The van der Waals surface area contributed by atoms with Crippen LogP contribution < -0.4 is 0 Å². The molecule has 0 aliphatic heterocycles. The minimum atomic E-state index is 0.750. The van der Waals surface area contributed by atoms with Gasteiger partial charge in [-0.2, -0.15) is 5.26 Å². The average molecular weight is 295 g/mol. The van der Waals surface area contributed by atoms with Crippen molar-refractivity contribution in [2.45, 2.75) is 6.92 Å². The molecule has 0 aromatic heterocycles. The molecule has 2 aromatic carbocycles. The standard InChI is InChI=1S/C13H10.3CHNO/c1-9-5-4-8-12-10-6-2-3-7-11(10)13(9)12;3*2-1-3/h2-8H,1H3;3H;2*2H. The third-order valence-electron chi connectivity index (χ3n) is 2.76. The van der Waals surface area contributed by atoms with Crippen molar-refractivity contribution in [1.29, 1.82) is 16.1 Å². The summed E-state index contributed by atoms with van der Waals surface area (Å²) in [4.78, 5) is 16.7. The Balaban J connectivity index is 0.000000416. The van der Waals surface area contributed by atoms with E-state index in [-0.39, 0.29) is 0 Å². The van der Waals surface area contributed by atoms with Crippen LogP contribution in [-0.4, -0.2) is 17.3 Å². The van der Waals surface area contributed by atoms with Gasteiger partial charge in [-0.15, -0.1) is 0 Å². The summed E-state index contributed by atoms with van der Waals surface area (Å²) in [5.74, 6) is 0. The van der Waals surface area contributed by atoms with Crippen LogP contribution in [-0.2, 0) is 9.59 Å². The first-order valence-electron chi connectivity index (χ1n) is 5.93. The quantitative estimate of drug-likeness (QED) is 0.334. The number of aryl methyl sites for hydroxylation is 1. The van der Waals surface area contributed by atoms with Crippen LogP contribution in [0.1, 0.15) is 5.56 Å². The van der Waals surface area contributed by atoms with E-state index in [1.165, 1.54) is 26.4 Å². The highest BCUT2D eigenvalue weighted by Crippen LogP contribution is 2.15. The molecule has 0 radical (unpaired) electrons. The third-order valence-corrected chi connectivity index (χ3v) is 2.76. The second-order valence-corrected chi connectivity index (χ2v) is 3.85. The van der Waals surface area contributed by atoms with Crippen molar-refractivity contribution in [3.8, 4) is 6.26 Å². The minimum Gasteiger partial charge on any atom is -0.443 e. The smallest absolute Gasteiger partial charge is 0.283 e. The molecule has 0 atom stereocenters. The molecular formula is C16H13N3O3. The van der Waals surface area contributed by atoms with Crippen LogP contribution in [0.5, 0.6) is 0 Å². The van der Waals surface area contributed by atoms with E-state index in [0.717, 1.165) is 18.4 Å². The summed E-state index contributed by atoms with van der Waals surface area (Å²) in [5.41, 5.74) is 1.39. The zero-order valence-electron chi connectivity index (χ0n) is 11.8. The second-order valence-electron chi connectivity index (χ2n) is 3.85. The zero-order valence-corrected chi connectivity index (χ0v) is 11.8. The van der Waals surface area contributed by atoms with E-state index < -0.39 is 0 Å². The molecule has 3 N–H and O–H groups in total. The molecule has 6 heteroatoms. The molecule has 0 bridgehead atoms. The maximum atomic E-state index is 8.35. The molecule has 6 nitrogen and oxygen atoms in total. The monoisotopic (exact) mass is 295 g/mol. The highest BCUT2D eigenvalue weighted by molar-refractivity contribution is 5.33. The average Bonchev–Trinajstić information content (AvgIpc) is 2.47. The van der Waals surface area contributed by atoms with Crippen LogP contribution in [0.2, 0.25) is 0 Å². The zero-order chi connectivity index (χ0) is 17.0. The number of isocyanates is 2. The number of aliphatic hydroxyl groups excluding tert-OH is 1. The van der Waals surface area contributed by atoms with Crippen LogP contribution in [0.25, 0.3) is 0 Å². The predicted molar refractivity (Wildman–Crippen MR) is 77.3 cm³/mol. The minimum absolute atomic E-state index is 0.750. The normalized spacial score (nSPS) is 7.82. The molecule has 2 aromatic rings. The molecule has 0 fully saturated rings. The van der Waals surface area contributed by atoms with Crippen molar-refractivity contribution in [3.05, 3.63) is 68.9 Å². The van der Waals surface area contributed by atoms with Gasteiger partial charge in [0.25, 0.3) is 6.26 Å². The Kier molecular flexibility index (Phi) is 8.66. The van der Waals surface area contributed by atoms with E-state index >= 15 is 0 Å². The molecule has 0 saturated carbocycles. The van der Waals surface area contributed by atoms with Gasteiger partial charge in [-0.1, -0.05) is 42.5 Å². The number of fused-ring (bicyclic) bond motifs is 2. The van der Waals surface area contributed by atoms with Crippen LogP contribution in [0, 0.1) is 50.1 Å². The summed E-state index contributed by atoms with van der Waals surface area (Å²) in [7, 11) is 0. The fourth-order valence-electron chi connectivity index (χ4n) is 2.12. The maximum Gasteiger partial charge on any atom is 0.283 e. The van der Waals surface area contributed by atoms with Gasteiger partial charge in [0.1, 0.15) is 0 Å². The van der Waals surface area contributed by atoms with Gasteiger partial charge >= 0.3 is 0 Å². The van der Waals surface area contributed by atoms with Crippen LogP contribution in [0.3, 0.4) is 0 Å². The topological polar surface area (TPSA) is 126 Å². The van der Waals surface area contributed by atoms with Crippen LogP contribution >= 0.6 is 0 Å². The number of nitrogens with one attached hydrogen (secondary N) is 2. The van der Waals surface area contributed by atoms with Gasteiger partial charge in [-0.05, 0) is 33.4 Å². The third kappa shape index (κ3) is 4.55. The molecule has 0 saturated heterocycles.